The Bertz CT molecular complexity index is 587. The van der Waals surface area contributed by atoms with Gasteiger partial charge in [-0.25, -0.2) is 0 Å². The number of hydrogen-bond donors (Lipinski definition) is 1. The Labute approximate surface area is 135 Å². The minimum absolute atomic E-state index is 0.267. The highest BCUT2D eigenvalue weighted by molar-refractivity contribution is 9.10. The molecular weight excluding hydrogens is 322 g/mol. The van der Waals surface area contributed by atoms with Gasteiger partial charge in [0, 0.05) is 4.47 Å². The summed E-state index contributed by atoms with van der Waals surface area (Å²) >= 11 is 3.57. The molecule has 110 valence electrons. The Morgan fingerprint density at radius 1 is 1.10 bits per heavy atom. The second kappa shape index (κ2) is 6.76. The monoisotopic (exact) mass is 343 g/mol. The first-order valence-electron chi connectivity index (χ1n) is 7.86. The normalized spacial score (nSPS) is 16.5. The maximum atomic E-state index is 3.60. The first kappa shape index (κ1) is 14.8. The van der Waals surface area contributed by atoms with Crippen LogP contribution in [0.2, 0.25) is 0 Å². The van der Waals surface area contributed by atoms with E-state index >= 15 is 0 Å². The van der Waals surface area contributed by atoms with E-state index < -0.39 is 0 Å². The molecule has 21 heavy (non-hydrogen) atoms. The summed E-state index contributed by atoms with van der Waals surface area (Å²) in [6.45, 7) is 3.12. The minimum atomic E-state index is 0.267. The van der Waals surface area contributed by atoms with Crippen molar-refractivity contribution < 1.29 is 0 Å². The van der Waals surface area contributed by atoms with Crippen molar-refractivity contribution in [3.63, 3.8) is 0 Å². The Morgan fingerprint density at radius 2 is 1.86 bits per heavy atom. The van der Waals surface area contributed by atoms with Gasteiger partial charge < -0.3 is 5.32 Å². The third kappa shape index (κ3) is 3.38. The van der Waals surface area contributed by atoms with E-state index in [1.807, 2.05) is 0 Å². The summed E-state index contributed by atoms with van der Waals surface area (Å²) in [6.07, 6.45) is 4.12. The molecule has 0 bridgehead atoms. The lowest BCUT2D eigenvalue weighted by molar-refractivity contribution is 0.419. The van der Waals surface area contributed by atoms with Crippen LogP contribution in [0.25, 0.3) is 0 Å². The summed E-state index contributed by atoms with van der Waals surface area (Å²) in [6, 6.07) is 18.1. The van der Waals surface area contributed by atoms with E-state index in [0.29, 0.717) is 0 Å². The van der Waals surface area contributed by atoms with Crippen LogP contribution in [0, 0.1) is 0 Å². The van der Waals surface area contributed by atoms with Gasteiger partial charge in [-0.3, -0.25) is 0 Å². The summed E-state index contributed by atoms with van der Waals surface area (Å²) in [5.74, 6) is 0.808. The standard InChI is InChI=1S/C19H22BrN/c1-2-21-19(17-7-4-8-18(20)13-17)16-11-9-15(10-12-16)14-5-3-6-14/h4,7-14,19,21H,2-3,5-6H2,1H3. The molecule has 1 N–H and O–H groups in total. The predicted octanol–water partition coefficient (Wildman–Crippen LogP) is 5.42. The van der Waals surface area contributed by atoms with E-state index in [4.69, 9.17) is 0 Å². The average Bonchev–Trinajstić information content (AvgIpc) is 2.44. The van der Waals surface area contributed by atoms with E-state index in [2.05, 4.69) is 76.7 Å². The van der Waals surface area contributed by atoms with E-state index in [9.17, 15) is 0 Å². The molecule has 0 amide bonds. The van der Waals surface area contributed by atoms with E-state index in [1.54, 1.807) is 0 Å². The van der Waals surface area contributed by atoms with Crippen LogP contribution in [0.1, 0.15) is 54.8 Å². The second-order valence-electron chi connectivity index (χ2n) is 5.84. The molecule has 0 aliphatic heterocycles. The van der Waals surface area contributed by atoms with Crippen LogP contribution in [0.15, 0.2) is 53.0 Å². The molecule has 2 heteroatoms. The molecule has 1 saturated carbocycles. The van der Waals surface area contributed by atoms with Crippen molar-refractivity contribution in [2.45, 2.75) is 38.1 Å². The lowest BCUT2D eigenvalue weighted by Gasteiger charge is -2.26. The highest BCUT2D eigenvalue weighted by Gasteiger charge is 2.20. The fourth-order valence-electron chi connectivity index (χ4n) is 3.02. The third-order valence-electron chi connectivity index (χ3n) is 4.44. The van der Waals surface area contributed by atoms with Crippen molar-refractivity contribution in [2.75, 3.05) is 6.54 Å². The second-order valence-corrected chi connectivity index (χ2v) is 6.76. The third-order valence-corrected chi connectivity index (χ3v) is 4.93. The number of nitrogens with one attached hydrogen (secondary N) is 1. The first-order chi connectivity index (χ1) is 10.3. The summed E-state index contributed by atoms with van der Waals surface area (Å²) in [7, 11) is 0. The van der Waals surface area contributed by atoms with Crippen LogP contribution in [0.4, 0.5) is 0 Å². The molecule has 3 rings (SSSR count). The van der Waals surface area contributed by atoms with E-state index in [-0.39, 0.29) is 6.04 Å². The number of halogens is 1. The Balaban J connectivity index is 1.86. The summed E-state index contributed by atoms with van der Waals surface area (Å²) < 4.78 is 1.13. The first-order valence-corrected chi connectivity index (χ1v) is 8.66. The highest BCUT2D eigenvalue weighted by atomic mass is 79.9. The summed E-state index contributed by atoms with van der Waals surface area (Å²) in [4.78, 5) is 0. The minimum Gasteiger partial charge on any atom is -0.307 e. The van der Waals surface area contributed by atoms with E-state index in [0.717, 1.165) is 16.9 Å². The molecule has 0 spiro atoms. The maximum Gasteiger partial charge on any atom is 0.0577 e. The smallest absolute Gasteiger partial charge is 0.0577 e. The van der Waals surface area contributed by atoms with Crippen LogP contribution < -0.4 is 5.32 Å². The molecule has 1 nitrogen and oxygen atoms in total. The zero-order valence-electron chi connectivity index (χ0n) is 12.5. The fraction of sp³-hybridized carbons (Fsp3) is 0.368. The van der Waals surface area contributed by atoms with E-state index in [1.165, 1.54) is 36.0 Å². The fourth-order valence-corrected chi connectivity index (χ4v) is 3.44. The van der Waals surface area contributed by atoms with Gasteiger partial charge in [0.05, 0.1) is 6.04 Å². The van der Waals surface area contributed by atoms with Gasteiger partial charge in [-0.15, -0.1) is 0 Å². The largest absolute Gasteiger partial charge is 0.307 e. The molecule has 1 unspecified atom stereocenters. The molecule has 0 aromatic heterocycles. The molecule has 2 aromatic carbocycles. The topological polar surface area (TPSA) is 12.0 Å². The predicted molar refractivity (Wildman–Crippen MR) is 92.7 cm³/mol. The van der Waals surface area contributed by atoms with Crippen molar-refractivity contribution in [1.29, 1.82) is 0 Å². The van der Waals surface area contributed by atoms with Gasteiger partial charge in [0.15, 0.2) is 0 Å². The van der Waals surface area contributed by atoms with Crippen LogP contribution in [-0.4, -0.2) is 6.54 Å². The van der Waals surface area contributed by atoms with Gasteiger partial charge in [-0.1, -0.05) is 65.7 Å². The van der Waals surface area contributed by atoms with Crippen LogP contribution in [-0.2, 0) is 0 Å². The quantitative estimate of drug-likeness (QED) is 0.764. The molecule has 0 heterocycles. The van der Waals surface area contributed by atoms with Crippen molar-refractivity contribution >= 4 is 15.9 Å². The average molecular weight is 344 g/mol. The van der Waals surface area contributed by atoms with Gasteiger partial charge >= 0.3 is 0 Å². The zero-order valence-corrected chi connectivity index (χ0v) is 14.1. The van der Waals surface area contributed by atoms with Crippen LogP contribution in [0.5, 0.6) is 0 Å². The van der Waals surface area contributed by atoms with Gasteiger partial charge in [0.1, 0.15) is 0 Å². The van der Waals surface area contributed by atoms with Crippen molar-refractivity contribution in [3.8, 4) is 0 Å². The van der Waals surface area contributed by atoms with Crippen LogP contribution >= 0.6 is 15.9 Å². The van der Waals surface area contributed by atoms with Crippen molar-refractivity contribution in [3.05, 3.63) is 69.7 Å². The summed E-state index contributed by atoms with van der Waals surface area (Å²) in [5.41, 5.74) is 4.16. The molecular formula is C19H22BrN. The molecule has 2 aromatic rings. The van der Waals surface area contributed by atoms with Crippen molar-refractivity contribution in [1.82, 2.24) is 5.32 Å². The number of benzene rings is 2. The summed E-state index contributed by atoms with van der Waals surface area (Å²) in [5, 5.41) is 3.60. The highest BCUT2D eigenvalue weighted by Crippen LogP contribution is 2.36. The number of hydrogen-bond acceptors (Lipinski definition) is 1. The van der Waals surface area contributed by atoms with Gasteiger partial charge in [0.25, 0.3) is 0 Å². The maximum absolute atomic E-state index is 3.60. The zero-order chi connectivity index (χ0) is 14.7. The molecule has 1 aliphatic rings. The lowest BCUT2D eigenvalue weighted by atomic mass is 9.79. The molecule has 0 saturated heterocycles. The van der Waals surface area contributed by atoms with Crippen molar-refractivity contribution in [2.24, 2.45) is 0 Å². The Morgan fingerprint density at radius 3 is 2.43 bits per heavy atom. The SMILES string of the molecule is CCNC(c1ccc(C2CCC2)cc1)c1cccc(Br)c1. The number of rotatable bonds is 5. The Kier molecular flexibility index (Phi) is 4.77. The van der Waals surface area contributed by atoms with Crippen LogP contribution in [0.3, 0.4) is 0 Å². The van der Waals surface area contributed by atoms with Gasteiger partial charge in [-0.05, 0) is 54.1 Å². The molecule has 1 fully saturated rings. The van der Waals surface area contributed by atoms with Gasteiger partial charge in [0.2, 0.25) is 0 Å². The van der Waals surface area contributed by atoms with Gasteiger partial charge in [-0.2, -0.15) is 0 Å². The molecule has 0 radical (unpaired) electrons. The lowest BCUT2D eigenvalue weighted by Crippen LogP contribution is -2.22. The molecule has 1 aliphatic carbocycles. The Hall–Kier alpha value is -1.12. The molecule has 1 atom stereocenters.